The minimum absolute atomic E-state index is 0.311. The minimum atomic E-state index is 0.311. The van der Waals surface area contributed by atoms with Crippen molar-refractivity contribution in [1.82, 2.24) is 24.4 Å². The Bertz CT molecular complexity index is 1780. The molecule has 0 radical (unpaired) electrons. The molecule has 1 saturated heterocycles. The van der Waals surface area contributed by atoms with Crippen LogP contribution in [-0.2, 0) is 0 Å². The number of benzene rings is 3. The second-order valence-corrected chi connectivity index (χ2v) is 10.5. The van der Waals surface area contributed by atoms with E-state index >= 15 is 0 Å². The summed E-state index contributed by atoms with van der Waals surface area (Å²) < 4.78 is 4.39. The molecule has 0 unspecified atom stereocenters. The summed E-state index contributed by atoms with van der Waals surface area (Å²) >= 11 is 7.10. The maximum absolute atomic E-state index is 7.10. The molecule has 0 aliphatic carbocycles. The molecule has 3 aromatic heterocycles. The molecular formula is C32H28ClN5. The zero-order valence-corrected chi connectivity index (χ0v) is 22.0. The van der Waals surface area contributed by atoms with Gasteiger partial charge in [0.05, 0.1) is 5.56 Å². The molecule has 1 N–H and O–H groups in total. The number of nitrogens with one attached hydrogen (secondary N) is 1. The summed E-state index contributed by atoms with van der Waals surface area (Å²) in [5.74, 6) is 0.896. The van der Waals surface area contributed by atoms with Gasteiger partial charge in [-0.2, -0.15) is 0 Å². The zero-order chi connectivity index (χ0) is 25.6. The fraction of sp³-hybridized carbons (Fsp3) is 0.188. The molecule has 1 aliphatic rings. The average molecular weight is 518 g/mol. The Morgan fingerprint density at radius 3 is 2.45 bits per heavy atom. The van der Waals surface area contributed by atoms with E-state index in [2.05, 4.69) is 83.7 Å². The van der Waals surface area contributed by atoms with Gasteiger partial charge in [-0.15, -0.1) is 0 Å². The van der Waals surface area contributed by atoms with E-state index < -0.39 is 0 Å². The van der Waals surface area contributed by atoms with Gasteiger partial charge in [0, 0.05) is 29.7 Å². The molecule has 38 heavy (non-hydrogen) atoms. The van der Waals surface area contributed by atoms with Crippen LogP contribution in [0.5, 0.6) is 0 Å². The number of fused-ring (bicyclic) bond motifs is 2. The van der Waals surface area contributed by atoms with E-state index in [9.17, 15) is 0 Å². The Morgan fingerprint density at radius 1 is 0.868 bits per heavy atom. The summed E-state index contributed by atoms with van der Waals surface area (Å²) in [6, 6.07) is 27.7. The van der Waals surface area contributed by atoms with Crippen molar-refractivity contribution < 1.29 is 0 Å². The third-order valence-electron chi connectivity index (χ3n) is 7.68. The quantitative estimate of drug-likeness (QED) is 0.262. The molecule has 3 aromatic carbocycles. The van der Waals surface area contributed by atoms with Gasteiger partial charge >= 0.3 is 0 Å². The molecule has 1 fully saturated rings. The molecule has 6 aromatic rings. The summed E-state index contributed by atoms with van der Waals surface area (Å²) in [4.78, 5) is 10.2. The third kappa shape index (κ3) is 3.90. The lowest BCUT2D eigenvalue weighted by atomic mass is 10.0. The summed E-state index contributed by atoms with van der Waals surface area (Å²) in [5.41, 5.74) is 7.12. The van der Waals surface area contributed by atoms with Gasteiger partial charge in [0.1, 0.15) is 16.5 Å². The highest BCUT2D eigenvalue weighted by Gasteiger charge is 2.27. The van der Waals surface area contributed by atoms with Gasteiger partial charge in [-0.1, -0.05) is 66.2 Å². The fourth-order valence-corrected chi connectivity index (χ4v) is 6.12. The van der Waals surface area contributed by atoms with E-state index in [1.807, 2.05) is 29.0 Å². The molecule has 4 heterocycles. The first-order valence-electron chi connectivity index (χ1n) is 13.2. The van der Waals surface area contributed by atoms with Gasteiger partial charge in [-0.05, 0) is 79.0 Å². The number of rotatable bonds is 4. The van der Waals surface area contributed by atoms with Crippen molar-refractivity contribution in [3.05, 3.63) is 102 Å². The minimum Gasteiger partial charge on any atom is -0.317 e. The lowest BCUT2D eigenvalue weighted by Gasteiger charge is -2.26. The molecular weight excluding hydrogens is 490 g/mol. The first-order valence-corrected chi connectivity index (χ1v) is 13.6. The summed E-state index contributed by atoms with van der Waals surface area (Å²) in [5, 5.41) is 6.62. The molecule has 0 atom stereocenters. The van der Waals surface area contributed by atoms with Crippen LogP contribution >= 0.6 is 11.6 Å². The van der Waals surface area contributed by atoms with Crippen LogP contribution in [0.2, 0.25) is 5.15 Å². The van der Waals surface area contributed by atoms with Crippen LogP contribution in [0.1, 0.15) is 24.4 Å². The Labute approximate surface area is 226 Å². The monoisotopic (exact) mass is 517 g/mol. The SMILES string of the molecule is Cc1cn(-c2ccccc2)c(Cl)c1-c1nc2cc(-c3ccc4ccccc4c3)cnc2n1C1CCNCC1. The van der Waals surface area contributed by atoms with Gasteiger partial charge < -0.3 is 14.5 Å². The highest BCUT2D eigenvalue weighted by molar-refractivity contribution is 6.32. The molecule has 0 amide bonds. The van der Waals surface area contributed by atoms with Crippen LogP contribution in [0.4, 0.5) is 0 Å². The number of halogens is 1. The second-order valence-electron chi connectivity index (χ2n) is 10.1. The summed E-state index contributed by atoms with van der Waals surface area (Å²) in [6.07, 6.45) is 6.15. The van der Waals surface area contributed by atoms with Crippen molar-refractivity contribution in [2.75, 3.05) is 13.1 Å². The van der Waals surface area contributed by atoms with Crippen molar-refractivity contribution in [3.63, 3.8) is 0 Å². The zero-order valence-electron chi connectivity index (χ0n) is 21.2. The number of imidazole rings is 1. The van der Waals surface area contributed by atoms with Crippen molar-refractivity contribution in [1.29, 1.82) is 0 Å². The predicted molar refractivity (Wildman–Crippen MR) is 156 cm³/mol. The van der Waals surface area contributed by atoms with E-state index in [-0.39, 0.29) is 0 Å². The van der Waals surface area contributed by atoms with E-state index in [1.165, 1.54) is 10.8 Å². The molecule has 0 bridgehead atoms. The van der Waals surface area contributed by atoms with Crippen LogP contribution in [0, 0.1) is 6.92 Å². The number of hydrogen-bond acceptors (Lipinski definition) is 3. The Morgan fingerprint density at radius 2 is 1.63 bits per heavy atom. The standard InChI is InChI=1S/C32H28ClN5/c1-21-20-37(26-9-3-2-4-10-26)30(33)29(21)32-36-28-18-25(24-12-11-22-7-5-6-8-23(22)17-24)19-35-31(28)38(32)27-13-15-34-16-14-27/h2-12,17-20,27,34H,13-16H2,1H3. The van der Waals surface area contributed by atoms with Gasteiger partial charge in [-0.3, -0.25) is 0 Å². The molecule has 7 rings (SSSR count). The van der Waals surface area contributed by atoms with Crippen molar-refractivity contribution in [3.8, 4) is 28.2 Å². The number of hydrogen-bond donors (Lipinski definition) is 1. The lowest BCUT2D eigenvalue weighted by Crippen LogP contribution is -2.29. The van der Waals surface area contributed by atoms with Crippen LogP contribution in [0.25, 0.3) is 50.1 Å². The first-order chi connectivity index (χ1) is 18.7. The van der Waals surface area contributed by atoms with E-state index in [1.54, 1.807) is 0 Å². The first kappa shape index (κ1) is 23.2. The summed E-state index contributed by atoms with van der Waals surface area (Å²) in [7, 11) is 0. The van der Waals surface area contributed by atoms with E-state index in [0.717, 1.165) is 70.9 Å². The van der Waals surface area contributed by atoms with Crippen molar-refractivity contribution in [2.45, 2.75) is 25.8 Å². The van der Waals surface area contributed by atoms with Crippen LogP contribution < -0.4 is 5.32 Å². The van der Waals surface area contributed by atoms with Crippen LogP contribution in [-0.4, -0.2) is 32.2 Å². The molecule has 6 heteroatoms. The summed E-state index contributed by atoms with van der Waals surface area (Å²) in [6.45, 7) is 4.08. The highest BCUT2D eigenvalue weighted by atomic mass is 35.5. The predicted octanol–water partition coefficient (Wildman–Crippen LogP) is 7.60. The topological polar surface area (TPSA) is 47.7 Å². The number of aromatic nitrogens is 4. The van der Waals surface area contributed by atoms with Gasteiger partial charge in [0.2, 0.25) is 0 Å². The normalized spacial score (nSPS) is 14.5. The van der Waals surface area contributed by atoms with Crippen LogP contribution in [0.15, 0.2) is 91.3 Å². The maximum atomic E-state index is 7.10. The van der Waals surface area contributed by atoms with Crippen molar-refractivity contribution in [2.24, 2.45) is 0 Å². The molecule has 0 spiro atoms. The number of nitrogens with zero attached hydrogens (tertiary/aromatic N) is 4. The van der Waals surface area contributed by atoms with Gasteiger partial charge in [0.25, 0.3) is 0 Å². The van der Waals surface area contributed by atoms with Gasteiger partial charge in [0.15, 0.2) is 5.65 Å². The maximum Gasteiger partial charge on any atom is 0.160 e. The van der Waals surface area contributed by atoms with Crippen LogP contribution in [0.3, 0.4) is 0 Å². The second kappa shape index (κ2) is 9.43. The molecule has 1 aliphatic heterocycles. The number of aryl methyl sites for hydroxylation is 1. The Balaban J connectivity index is 1.41. The number of pyridine rings is 1. The van der Waals surface area contributed by atoms with Crippen molar-refractivity contribution >= 4 is 33.5 Å². The molecule has 0 saturated carbocycles. The largest absolute Gasteiger partial charge is 0.317 e. The number of para-hydroxylation sites is 1. The molecule has 5 nitrogen and oxygen atoms in total. The number of piperidine rings is 1. The van der Waals surface area contributed by atoms with E-state index in [0.29, 0.717) is 11.2 Å². The Hall–Kier alpha value is -3.93. The Kier molecular flexibility index (Phi) is 5.76. The third-order valence-corrected chi connectivity index (χ3v) is 8.05. The molecule has 188 valence electrons. The fourth-order valence-electron chi connectivity index (χ4n) is 5.74. The van der Waals surface area contributed by atoms with Gasteiger partial charge in [-0.25, -0.2) is 9.97 Å². The highest BCUT2D eigenvalue weighted by Crippen LogP contribution is 2.39. The lowest BCUT2D eigenvalue weighted by molar-refractivity contribution is 0.376. The smallest absolute Gasteiger partial charge is 0.160 e. The van der Waals surface area contributed by atoms with E-state index in [4.69, 9.17) is 21.6 Å². The average Bonchev–Trinajstić information content (AvgIpc) is 3.49.